The highest BCUT2D eigenvalue weighted by Gasteiger charge is 2.29. The number of benzene rings is 2. The van der Waals surface area contributed by atoms with Crippen LogP contribution in [0.5, 0.6) is 17.2 Å². The van der Waals surface area contributed by atoms with E-state index in [-0.39, 0.29) is 22.9 Å². The molecule has 0 bridgehead atoms. The van der Waals surface area contributed by atoms with Crippen molar-refractivity contribution in [2.45, 2.75) is 45.3 Å². The molecule has 3 aromatic carbocycles. The molecule has 44 heavy (non-hydrogen) atoms. The lowest BCUT2D eigenvalue weighted by molar-refractivity contribution is -0.122. The minimum atomic E-state index is -0.697. The number of hydrogen-bond acceptors (Lipinski definition) is 7. The van der Waals surface area contributed by atoms with Gasteiger partial charge in [0.1, 0.15) is 6.04 Å². The number of amides is 2. The van der Waals surface area contributed by atoms with Crippen molar-refractivity contribution < 1.29 is 23.8 Å². The predicted molar refractivity (Wildman–Crippen MR) is 171 cm³/mol. The lowest BCUT2D eigenvalue weighted by Crippen LogP contribution is -2.38. The first-order chi connectivity index (χ1) is 21.2. The number of nitrogens with one attached hydrogen (secondary N) is 3. The monoisotopic (exact) mass is 598 g/mol. The van der Waals surface area contributed by atoms with Crippen LogP contribution in [0.1, 0.15) is 43.0 Å². The fourth-order valence-electron chi connectivity index (χ4n) is 6.03. The van der Waals surface area contributed by atoms with E-state index in [1.807, 2.05) is 54.2 Å². The van der Waals surface area contributed by atoms with Crippen molar-refractivity contribution in [2.24, 2.45) is 7.05 Å². The Morgan fingerprint density at radius 1 is 1.02 bits per heavy atom. The first kappa shape index (κ1) is 30.5. The summed E-state index contributed by atoms with van der Waals surface area (Å²) >= 11 is 0. The molecule has 0 fully saturated rings. The number of aromatic nitrogens is 1. The van der Waals surface area contributed by atoms with Crippen molar-refractivity contribution in [3.05, 3.63) is 81.6 Å². The smallest absolute Gasteiger partial charge is 0.242 e. The lowest BCUT2D eigenvalue weighted by Gasteiger charge is -2.19. The van der Waals surface area contributed by atoms with Crippen molar-refractivity contribution in [3.8, 4) is 28.4 Å². The topological polar surface area (TPSA) is 120 Å². The van der Waals surface area contributed by atoms with Gasteiger partial charge in [-0.15, -0.1) is 0 Å². The van der Waals surface area contributed by atoms with Gasteiger partial charge >= 0.3 is 0 Å². The summed E-state index contributed by atoms with van der Waals surface area (Å²) in [6, 6.07) is 13.8. The highest BCUT2D eigenvalue weighted by molar-refractivity contribution is 5.87. The lowest BCUT2D eigenvalue weighted by atomic mass is 9.95. The number of anilines is 1. The minimum absolute atomic E-state index is 0.206. The van der Waals surface area contributed by atoms with Gasteiger partial charge in [0, 0.05) is 43.2 Å². The molecule has 1 aromatic heterocycles. The summed E-state index contributed by atoms with van der Waals surface area (Å²) in [4.78, 5) is 39.0. The van der Waals surface area contributed by atoms with Gasteiger partial charge in [-0.1, -0.05) is 24.3 Å². The van der Waals surface area contributed by atoms with Crippen LogP contribution < -0.4 is 35.6 Å². The van der Waals surface area contributed by atoms with E-state index in [9.17, 15) is 14.4 Å². The van der Waals surface area contributed by atoms with Gasteiger partial charge in [-0.05, 0) is 66.3 Å². The van der Waals surface area contributed by atoms with E-state index in [1.54, 1.807) is 34.3 Å². The van der Waals surface area contributed by atoms with Crippen molar-refractivity contribution in [3.63, 3.8) is 0 Å². The Morgan fingerprint density at radius 2 is 1.77 bits per heavy atom. The number of fused-ring (bicyclic) bond motifs is 4. The van der Waals surface area contributed by atoms with Crippen LogP contribution in [-0.4, -0.2) is 43.8 Å². The zero-order valence-electron chi connectivity index (χ0n) is 25.9. The second-order valence-corrected chi connectivity index (χ2v) is 11.0. The number of ether oxygens (including phenoxy) is 3. The van der Waals surface area contributed by atoms with Crippen molar-refractivity contribution in [1.82, 2.24) is 15.2 Å². The summed E-state index contributed by atoms with van der Waals surface area (Å²) in [5.74, 6) is 0.980. The van der Waals surface area contributed by atoms with Crippen LogP contribution in [0.3, 0.4) is 0 Å². The van der Waals surface area contributed by atoms with Gasteiger partial charge in [-0.2, -0.15) is 0 Å². The summed E-state index contributed by atoms with van der Waals surface area (Å²) in [6.07, 6.45) is 3.16. The van der Waals surface area contributed by atoms with E-state index in [1.165, 1.54) is 13.0 Å². The molecule has 2 atom stereocenters. The first-order valence-corrected chi connectivity index (χ1v) is 14.5. The van der Waals surface area contributed by atoms with Gasteiger partial charge in [0.25, 0.3) is 0 Å². The second-order valence-electron chi connectivity index (χ2n) is 11.0. The molecule has 0 saturated carbocycles. The van der Waals surface area contributed by atoms with Crippen LogP contribution in [-0.2, 0) is 29.6 Å². The number of nitrogens with zero attached hydrogens (tertiary/aromatic N) is 1. The molecule has 0 aliphatic heterocycles. The summed E-state index contributed by atoms with van der Waals surface area (Å²) in [5, 5.41) is 10.2. The predicted octanol–water partition coefficient (Wildman–Crippen LogP) is 4.47. The Morgan fingerprint density at radius 3 is 2.48 bits per heavy atom. The molecular formula is C34H38N4O6. The van der Waals surface area contributed by atoms with Gasteiger partial charge in [0.05, 0.1) is 33.1 Å². The number of hydrogen-bond donors (Lipinski definition) is 3. The number of aryl methyl sites for hydroxylation is 2. The summed E-state index contributed by atoms with van der Waals surface area (Å²) in [7, 11) is 6.64. The van der Waals surface area contributed by atoms with E-state index in [0.717, 1.165) is 27.6 Å². The molecule has 5 rings (SSSR count). The number of carbonyl (C=O) groups excluding carboxylic acids is 2. The molecule has 0 spiro atoms. The van der Waals surface area contributed by atoms with Crippen LogP contribution in [0.4, 0.5) is 5.69 Å². The van der Waals surface area contributed by atoms with Crippen LogP contribution in [0, 0.1) is 0 Å². The Kier molecular flexibility index (Phi) is 8.80. The van der Waals surface area contributed by atoms with Crippen LogP contribution in [0.15, 0.2) is 59.5 Å². The molecule has 230 valence electrons. The van der Waals surface area contributed by atoms with E-state index >= 15 is 0 Å². The third-order valence-corrected chi connectivity index (χ3v) is 8.11. The van der Waals surface area contributed by atoms with E-state index < -0.39 is 12.1 Å². The Hall–Kier alpha value is -4.99. The van der Waals surface area contributed by atoms with E-state index in [0.29, 0.717) is 47.8 Å². The summed E-state index contributed by atoms with van der Waals surface area (Å²) in [6.45, 7) is 3.52. The minimum Gasteiger partial charge on any atom is -0.493 e. The Bertz CT molecular complexity index is 1800. The fraction of sp³-hybridized carbons (Fsp3) is 0.324. The van der Waals surface area contributed by atoms with Crippen molar-refractivity contribution in [2.75, 3.05) is 26.6 Å². The summed E-state index contributed by atoms with van der Waals surface area (Å²) < 4.78 is 19.1. The largest absolute Gasteiger partial charge is 0.493 e. The van der Waals surface area contributed by atoms with Gasteiger partial charge in [0.2, 0.25) is 23.0 Å². The zero-order valence-corrected chi connectivity index (χ0v) is 25.9. The number of carbonyl (C=O) groups is 2. The Balaban J connectivity index is 1.49. The Labute approximate surface area is 256 Å². The van der Waals surface area contributed by atoms with Crippen molar-refractivity contribution in [1.29, 1.82) is 0 Å². The van der Waals surface area contributed by atoms with E-state index in [4.69, 9.17) is 14.2 Å². The molecule has 0 unspecified atom stereocenters. The van der Waals surface area contributed by atoms with Gasteiger partial charge in [-0.3, -0.25) is 14.4 Å². The standard InChI is InChI=1S/C34H38N4O6/c1-19(34(41)35-17-22-18-38(3)28-10-8-7-9-23(22)28)36-27-14-12-24-25(16-29(27)40)26(37-20(2)39)13-11-21-15-30(42-4)32(43-5)33(44-6)31(21)24/h7-10,12,14-16,18-19,26H,11,13,17H2,1-6H3,(H,35,41)(H,36,40)(H,37,39)/t19-,26-/m0/s1. The molecule has 1 aliphatic rings. The molecule has 2 amide bonds. The molecule has 0 saturated heterocycles. The third kappa shape index (κ3) is 5.79. The number of para-hydroxylation sites is 1. The molecule has 1 aliphatic carbocycles. The maximum Gasteiger partial charge on any atom is 0.242 e. The van der Waals surface area contributed by atoms with Crippen LogP contribution >= 0.6 is 0 Å². The number of methoxy groups -OCH3 is 3. The molecule has 10 nitrogen and oxygen atoms in total. The van der Waals surface area contributed by atoms with Crippen LogP contribution in [0.2, 0.25) is 0 Å². The average molecular weight is 599 g/mol. The van der Waals surface area contributed by atoms with Crippen LogP contribution in [0.25, 0.3) is 22.0 Å². The number of rotatable bonds is 9. The molecule has 1 heterocycles. The molecule has 4 aromatic rings. The fourth-order valence-corrected chi connectivity index (χ4v) is 6.03. The highest BCUT2D eigenvalue weighted by atomic mass is 16.5. The maximum absolute atomic E-state index is 13.6. The first-order valence-electron chi connectivity index (χ1n) is 14.5. The zero-order chi connectivity index (χ0) is 31.5. The summed E-state index contributed by atoms with van der Waals surface area (Å²) in [5.41, 5.74) is 5.10. The molecular weight excluding hydrogens is 560 g/mol. The SMILES string of the molecule is COc1cc2c(c(OC)c1OC)-c1ccc(N[C@@H](C)C(=O)NCc3cn(C)c4ccccc34)c(=O)cc1[C@@H](NC(C)=O)CC2. The molecule has 0 radical (unpaired) electrons. The third-order valence-electron chi connectivity index (χ3n) is 8.11. The van der Waals surface area contributed by atoms with Crippen molar-refractivity contribution >= 4 is 28.4 Å². The second kappa shape index (κ2) is 12.7. The normalized spacial score (nSPS) is 14.5. The molecule has 3 N–H and O–H groups in total. The maximum atomic E-state index is 13.6. The molecule has 10 heteroatoms. The highest BCUT2D eigenvalue weighted by Crippen LogP contribution is 2.50. The quantitative estimate of drug-likeness (QED) is 0.260. The van der Waals surface area contributed by atoms with E-state index in [2.05, 4.69) is 16.0 Å². The van der Waals surface area contributed by atoms with Gasteiger partial charge < -0.3 is 34.7 Å². The van der Waals surface area contributed by atoms with Gasteiger partial charge in [-0.25, -0.2) is 0 Å². The van der Waals surface area contributed by atoms with Gasteiger partial charge in [0.15, 0.2) is 11.5 Å². The average Bonchev–Trinajstić information content (AvgIpc) is 3.15.